The van der Waals surface area contributed by atoms with Crippen molar-refractivity contribution in [3.8, 4) is 6.07 Å². The van der Waals surface area contributed by atoms with Gasteiger partial charge in [0.05, 0.1) is 37.2 Å². The number of piperidine rings is 1. The summed E-state index contributed by atoms with van der Waals surface area (Å²) in [7, 11) is 0. The Balaban J connectivity index is 1.30. The molecular weight excluding hydrogens is 440 g/mol. The molecule has 1 saturated carbocycles. The summed E-state index contributed by atoms with van der Waals surface area (Å²) in [6.07, 6.45) is 7.23. The molecule has 0 radical (unpaired) electrons. The van der Waals surface area contributed by atoms with Gasteiger partial charge in [-0.25, -0.2) is 0 Å². The molecule has 1 atom stereocenters. The molecule has 5 rings (SSSR count). The number of hydrogen-bond acceptors (Lipinski definition) is 7. The minimum atomic E-state index is -0.422. The second-order valence-corrected chi connectivity index (χ2v) is 10.6. The van der Waals surface area contributed by atoms with Crippen molar-refractivity contribution in [1.82, 2.24) is 10.2 Å². The lowest BCUT2D eigenvalue weighted by atomic mass is 9.81. The molecule has 35 heavy (non-hydrogen) atoms. The Morgan fingerprint density at radius 3 is 2.54 bits per heavy atom. The molecule has 4 aliphatic rings. The summed E-state index contributed by atoms with van der Waals surface area (Å²) in [6, 6.07) is 8.99. The third-order valence-corrected chi connectivity index (χ3v) is 8.24. The quantitative estimate of drug-likeness (QED) is 0.676. The predicted octanol–water partition coefficient (Wildman–Crippen LogP) is 3.11. The van der Waals surface area contributed by atoms with E-state index in [1.54, 1.807) is 0 Å². The van der Waals surface area contributed by atoms with E-state index in [2.05, 4.69) is 56.6 Å². The molecule has 0 spiro atoms. The second kappa shape index (κ2) is 11.0. The zero-order chi connectivity index (χ0) is 24.2. The summed E-state index contributed by atoms with van der Waals surface area (Å²) in [5.74, 6) is 1.29. The van der Waals surface area contributed by atoms with Crippen molar-refractivity contribution in [3.05, 3.63) is 23.8 Å². The Morgan fingerprint density at radius 1 is 1.11 bits per heavy atom. The fourth-order valence-electron chi connectivity index (χ4n) is 5.97. The van der Waals surface area contributed by atoms with Crippen LogP contribution in [-0.4, -0.2) is 74.7 Å². The number of carbonyl (C=O) groups is 1. The lowest BCUT2D eigenvalue weighted by molar-refractivity contribution is -0.110. The number of carbonyl (C=O) groups excluding carboxylic acids is 1. The van der Waals surface area contributed by atoms with E-state index in [0.29, 0.717) is 18.5 Å². The Morgan fingerprint density at radius 2 is 1.86 bits per heavy atom. The lowest BCUT2D eigenvalue weighted by Gasteiger charge is -2.39. The normalized spacial score (nSPS) is 28.2. The molecule has 2 saturated heterocycles. The molecule has 3 aliphatic heterocycles. The van der Waals surface area contributed by atoms with E-state index in [1.165, 1.54) is 44.1 Å². The average molecular weight is 479 g/mol. The highest BCUT2D eigenvalue weighted by Crippen LogP contribution is 2.39. The number of nitrogens with zero attached hydrogens (tertiary/aromatic N) is 4. The highest BCUT2D eigenvalue weighted by Gasteiger charge is 2.29. The molecule has 8 heteroatoms. The van der Waals surface area contributed by atoms with Crippen molar-refractivity contribution in [2.24, 2.45) is 10.9 Å². The van der Waals surface area contributed by atoms with E-state index >= 15 is 0 Å². The maximum atomic E-state index is 12.9. The number of amides is 1. The first-order valence-electron chi connectivity index (χ1n) is 13.3. The predicted molar refractivity (Wildman–Crippen MR) is 138 cm³/mol. The third kappa shape index (κ3) is 5.62. The standard InChI is InChI=1S/C27H38N6O2/c1-19-8-10-33(11-9-19)25-16-21(20-2-5-23(6-3-20)32-12-14-35-15-13-32)4-7-24(25)31-27(34)26-29-18-22(17-28)30-26/h4,7,16,19-20,22-23H,2-3,5-6,8-15,18H2,1H3,(H,29,30)(H,31,34). The minimum absolute atomic E-state index is 0.250. The number of ether oxygens (including phenoxy) is 1. The summed E-state index contributed by atoms with van der Waals surface area (Å²) in [5, 5.41) is 15.1. The molecular formula is C27H38N6O2. The van der Waals surface area contributed by atoms with Gasteiger partial charge < -0.3 is 20.3 Å². The zero-order valence-corrected chi connectivity index (χ0v) is 20.8. The van der Waals surface area contributed by atoms with Crippen LogP contribution in [0.15, 0.2) is 23.2 Å². The van der Waals surface area contributed by atoms with Crippen molar-refractivity contribution in [2.45, 2.75) is 63.5 Å². The topological polar surface area (TPSA) is 93.0 Å². The van der Waals surface area contributed by atoms with E-state index < -0.39 is 6.04 Å². The van der Waals surface area contributed by atoms with Gasteiger partial charge in [0.2, 0.25) is 0 Å². The Hall–Kier alpha value is -2.63. The van der Waals surface area contributed by atoms with Gasteiger partial charge in [0, 0.05) is 32.2 Å². The Kier molecular flexibility index (Phi) is 7.54. The van der Waals surface area contributed by atoms with Crippen LogP contribution in [0.25, 0.3) is 0 Å². The molecule has 3 fully saturated rings. The summed E-state index contributed by atoms with van der Waals surface area (Å²) in [5.41, 5.74) is 3.34. The van der Waals surface area contributed by atoms with Crippen LogP contribution in [0.4, 0.5) is 11.4 Å². The summed E-state index contributed by atoms with van der Waals surface area (Å²) in [6.45, 7) is 8.52. The van der Waals surface area contributed by atoms with Crippen molar-refractivity contribution in [2.75, 3.05) is 56.2 Å². The first-order valence-corrected chi connectivity index (χ1v) is 13.3. The first kappa shape index (κ1) is 24.1. The van der Waals surface area contributed by atoms with Gasteiger partial charge in [0.1, 0.15) is 6.04 Å². The van der Waals surface area contributed by atoms with Crippen LogP contribution in [-0.2, 0) is 9.53 Å². The van der Waals surface area contributed by atoms with Crippen LogP contribution < -0.4 is 15.5 Å². The third-order valence-electron chi connectivity index (χ3n) is 8.24. The number of aliphatic imine (C=N–C) groups is 1. The molecule has 3 heterocycles. The second-order valence-electron chi connectivity index (χ2n) is 10.6. The molecule has 0 bridgehead atoms. The van der Waals surface area contributed by atoms with Crippen LogP contribution in [0.1, 0.15) is 56.9 Å². The van der Waals surface area contributed by atoms with Gasteiger partial charge in [-0.1, -0.05) is 13.0 Å². The molecule has 188 valence electrons. The fraction of sp³-hybridized carbons (Fsp3) is 0.667. The zero-order valence-electron chi connectivity index (χ0n) is 20.8. The molecule has 1 unspecified atom stereocenters. The number of morpholine rings is 1. The van der Waals surface area contributed by atoms with Crippen molar-refractivity contribution in [1.29, 1.82) is 5.26 Å². The number of benzene rings is 1. The van der Waals surface area contributed by atoms with Crippen LogP contribution in [0.5, 0.6) is 0 Å². The summed E-state index contributed by atoms with van der Waals surface area (Å²) >= 11 is 0. The molecule has 8 nitrogen and oxygen atoms in total. The monoisotopic (exact) mass is 478 g/mol. The summed E-state index contributed by atoms with van der Waals surface area (Å²) in [4.78, 5) is 22.2. The van der Waals surface area contributed by atoms with Crippen LogP contribution >= 0.6 is 0 Å². The van der Waals surface area contributed by atoms with E-state index in [1.807, 2.05) is 0 Å². The van der Waals surface area contributed by atoms with E-state index in [-0.39, 0.29) is 11.7 Å². The summed E-state index contributed by atoms with van der Waals surface area (Å²) < 4.78 is 5.54. The largest absolute Gasteiger partial charge is 0.379 e. The SMILES string of the molecule is CC1CCN(c2cc(C3CCC(N4CCOCC4)CC3)ccc2NC(=O)C2=NCC(C#N)N2)CC1. The number of amidine groups is 1. The lowest BCUT2D eigenvalue weighted by Crippen LogP contribution is -2.44. The molecule has 1 aromatic rings. The maximum absolute atomic E-state index is 12.9. The maximum Gasteiger partial charge on any atom is 0.290 e. The van der Waals surface area contributed by atoms with Crippen LogP contribution in [0.3, 0.4) is 0 Å². The van der Waals surface area contributed by atoms with Gasteiger partial charge in [0.25, 0.3) is 5.91 Å². The fourth-order valence-corrected chi connectivity index (χ4v) is 5.97. The average Bonchev–Trinajstić information content (AvgIpc) is 3.40. The van der Waals surface area contributed by atoms with Gasteiger partial charge in [-0.3, -0.25) is 14.7 Å². The smallest absolute Gasteiger partial charge is 0.290 e. The molecule has 1 amide bonds. The highest BCUT2D eigenvalue weighted by molar-refractivity contribution is 6.42. The van der Waals surface area contributed by atoms with E-state index in [9.17, 15) is 4.79 Å². The molecule has 1 aromatic carbocycles. The van der Waals surface area contributed by atoms with E-state index in [4.69, 9.17) is 10.00 Å². The Labute approximate surface area is 208 Å². The van der Waals surface area contributed by atoms with E-state index in [0.717, 1.165) is 56.7 Å². The number of rotatable bonds is 5. The number of nitrogens with one attached hydrogen (secondary N) is 2. The minimum Gasteiger partial charge on any atom is -0.379 e. The molecule has 0 aromatic heterocycles. The van der Waals surface area contributed by atoms with Gasteiger partial charge in [-0.2, -0.15) is 5.26 Å². The van der Waals surface area contributed by atoms with Crippen molar-refractivity contribution >= 4 is 23.1 Å². The number of hydrogen-bond donors (Lipinski definition) is 2. The van der Waals surface area contributed by atoms with Crippen molar-refractivity contribution < 1.29 is 9.53 Å². The van der Waals surface area contributed by atoms with Gasteiger partial charge in [-0.15, -0.1) is 0 Å². The number of anilines is 2. The van der Waals surface area contributed by atoms with Gasteiger partial charge >= 0.3 is 0 Å². The van der Waals surface area contributed by atoms with Crippen LogP contribution in [0.2, 0.25) is 0 Å². The van der Waals surface area contributed by atoms with Crippen LogP contribution in [0, 0.1) is 17.2 Å². The van der Waals surface area contributed by atoms with Gasteiger partial charge in [0.15, 0.2) is 5.84 Å². The first-order chi connectivity index (χ1) is 17.1. The van der Waals surface area contributed by atoms with Crippen molar-refractivity contribution in [3.63, 3.8) is 0 Å². The number of nitriles is 1. The highest BCUT2D eigenvalue weighted by atomic mass is 16.5. The Bertz CT molecular complexity index is 966. The molecule has 1 aliphatic carbocycles. The van der Waals surface area contributed by atoms with Gasteiger partial charge in [-0.05, 0) is 68.1 Å². The molecule has 2 N–H and O–H groups in total.